The van der Waals surface area contributed by atoms with Crippen molar-refractivity contribution in [1.82, 2.24) is 9.80 Å². The van der Waals surface area contributed by atoms with Gasteiger partial charge in [0.2, 0.25) is 11.8 Å². The Bertz CT molecular complexity index is 390. The third-order valence-corrected chi connectivity index (χ3v) is 4.14. The Morgan fingerprint density at radius 3 is 2.76 bits per heavy atom. The number of amides is 2. The first-order valence-corrected chi connectivity index (χ1v) is 7.55. The SMILES string of the molecule is CC1CN(CC(=O)N2CCCC(C(N)=O)C2)CC(CO)O1. The summed E-state index contributed by atoms with van der Waals surface area (Å²) in [5.74, 6) is -0.531. The smallest absolute Gasteiger partial charge is 0.236 e. The fraction of sp³-hybridized carbons (Fsp3) is 0.857. The predicted octanol–water partition coefficient (Wildman–Crippen LogP) is -1.21. The van der Waals surface area contributed by atoms with Crippen LogP contribution in [0.5, 0.6) is 0 Å². The number of carbonyl (C=O) groups excluding carboxylic acids is 2. The summed E-state index contributed by atoms with van der Waals surface area (Å²) in [5, 5.41) is 9.21. The van der Waals surface area contributed by atoms with E-state index in [0.29, 0.717) is 32.7 Å². The van der Waals surface area contributed by atoms with Crippen LogP contribution < -0.4 is 5.73 Å². The van der Waals surface area contributed by atoms with Crippen molar-refractivity contribution >= 4 is 11.8 Å². The molecule has 2 aliphatic rings. The number of ether oxygens (including phenoxy) is 1. The van der Waals surface area contributed by atoms with Crippen LogP contribution in [-0.4, -0.2) is 78.3 Å². The third-order valence-electron chi connectivity index (χ3n) is 4.14. The normalized spacial score (nSPS) is 31.1. The van der Waals surface area contributed by atoms with E-state index in [1.165, 1.54) is 0 Å². The topological polar surface area (TPSA) is 96.1 Å². The lowest BCUT2D eigenvalue weighted by atomic mass is 9.97. The second-order valence-corrected chi connectivity index (χ2v) is 6.03. The zero-order valence-electron chi connectivity index (χ0n) is 12.5. The first-order valence-electron chi connectivity index (χ1n) is 7.55. The molecular weight excluding hydrogens is 274 g/mol. The minimum Gasteiger partial charge on any atom is -0.394 e. The molecular formula is C14H25N3O4. The fourth-order valence-corrected chi connectivity index (χ4v) is 3.10. The van der Waals surface area contributed by atoms with Gasteiger partial charge < -0.3 is 20.5 Å². The van der Waals surface area contributed by atoms with E-state index in [-0.39, 0.29) is 36.5 Å². The van der Waals surface area contributed by atoms with Gasteiger partial charge in [0.05, 0.1) is 31.3 Å². The van der Waals surface area contributed by atoms with Crippen LogP contribution in [-0.2, 0) is 14.3 Å². The van der Waals surface area contributed by atoms with Gasteiger partial charge in [-0.05, 0) is 19.8 Å². The van der Waals surface area contributed by atoms with Crippen LogP contribution in [0, 0.1) is 5.92 Å². The molecule has 0 aromatic rings. The lowest BCUT2D eigenvalue weighted by molar-refractivity contribution is -0.140. The van der Waals surface area contributed by atoms with Crippen molar-refractivity contribution in [2.75, 3.05) is 39.3 Å². The number of primary amides is 1. The van der Waals surface area contributed by atoms with Crippen LogP contribution in [0.25, 0.3) is 0 Å². The number of aliphatic hydroxyl groups is 1. The van der Waals surface area contributed by atoms with Crippen molar-refractivity contribution in [2.24, 2.45) is 11.7 Å². The van der Waals surface area contributed by atoms with Crippen molar-refractivity contribution in [3.63, 3.8) is 0 Å². The molecule has 0 spiro atoms. The van der Waals surface area contributed by atoms with Gasteiger partial charge in [-0.3, -0.25) is 14.5 Å². The van der Waals surface area contributed by atoms with Crippen molar-refractivity contribution in [1.29, 1.82) is 0 Å². The monoisotopic (exact) mass is 299 g/mol. The number of rotatable bonds is 4. The zero-order valence-corrected chi connectivity index (χ0v) is 12.5. The van der Waals surface area contributed by atoms with Crippen molar-refractivity contribution < 1.29 is 19.4 Å². The molecule has 3 unspecified atom stereocenters. The van der Waals surface area contributed by atoms with Crippen LogP contribution >= 0.6 is 0 Å². The molecule has 2 saturated heterocycles. The average Bonchev–Trinajstić information content (AvgIpc) is 2.46. The highest BCUT2D eigenvalue weighted by molar-refractivity contribution is 5.81. The summed E-state index contributed by atoms with van der Waals surface area (Å²) < 4.78 is 5.56. The predicted molar refractivity (Wildman–Crippen MR) is 76.4 cm³/mol. The molecule has 7 nitrogen and oxygen atoms in total. The van der Waals surface area contributed by atoms with Gasteiger partial charge in [-0.15, -0.1) is 0 Å². The molecule has 2 rings (SSSR count). The Morgan fingerprint density at radius 1 is 1.33 bits per heavy atom. The highest BCUT2D eigenvalue weighted by Gasteiger charge is 2.30. The van der Waals surface area contributed by atoms with Gasteiger partial charge in [0.25, 0.3) is 0 Å². The summed E-state index contributed by atoms with van der Waals surface area (Å²) in [7, 11) is 0. The van der Waals surface area contributed by atoms with Crippen molar-refractivity contribution in [3.8, 4) is 0 Å². The van der Waals surface area contributed by atoms with E-state index in [1.807, 2.05) is 11.8 Å². The molecule has 2 heterocycles. The van der Waals surface area contributed by atoms with E-state index in [2.05, 4.69) is 0 Å². The molecule has 0 bridgehead atoms. The molecule has 3 N–H and O–H groups in total. The Kier molecular flexibility index (Phi) is 5.55. The first-order chi connectivity index (χ1) is 9.99. The summed E-state index contributed by atoms with van der Waals surface area (Å²) in [4.78, 5) is 27.4. The fourth-order valence-electron chi connectivity index (χ4n) is 3.10. The number of hydrogen-bond donors (Lipinski definition) is 2. The summed E-state index contributed by atoms with van der Waals surface area (Å²) in [6.07, 6.45) is 1.35. The highest BCUT2D eigenvalue weighted by atomic mass is 16.5. The lowest BCUT2D eigenvalue weighted by Gasteiger charge is -2.38. The van der Waals surface area contributed by atoms with Gasteiger partial charge in [-0.2, -0.15) is 0 Å². The molecule has 7 heteroatoms. The maximum atomic E-state index is 12.4. The average molecular weight is 299 g/mol. The van der Waals surface area contributed by atoms with Crippen LogP contribution in [0.1, 0.15) is 19.8 Å². The molecule has 0 aromatic carbocycles. The number of aliphatic hydroxyl groups excluding tert-OH is 1. The minimum absolute atomic E-state index is 0.00317. The molecule has 0 aliphatic carbocycles. The Morgan fingerprint density at radius 2 is 2.10 bits per heavy atom. The molecule has 0 radical (unpaired) electrons. The van der Waals surface area contributed by atoms with Gasteiger partial charge >= 0.3 is 0 Å². The van der Waals surface area contributed by atoms with E-state index in [9.17, 15) is 14.7 Å². The van der Waals surface area contributed by atoms with Gasteiger partial charge in [-0.25, -0.2) is 0 Å². The molecule has 0 saturated carbocycles. The van der Waals surface area contributed by atoms with E-state index in [1.54, 1.807) is 4.90 Å². The van der Waals surface area contributed by atoms with E-state index in [4.69, 9.17) is 10.5 Å². The number of nitrogens with zero attached hydrogens (tertiary/aromatic N) is 2. The number of carbonyl (C=O) groups is 2. The number of nitrogens with two attached hydrogens (primary N) is 1. The maximum Gasteiger partial charge on any atom is 0.236 e. The Hall–Kier alpha value is -1.18. The lowest BCUT2D eigenvalue weighted by Crippen LogP contribution is -2.53. The molecule has 2 amide bonds. The van der Waals surface area contributed by atoms with Crippen LogP contribution in [0.4, 0.5) is 0 Å². The summed E-state index contributed by atoms with van der Waals surface area (Å²) >= 11 is 0. The summed E-state index contributed by atoms with van der Waals surface area (Å²) in [6, 6.07) is 0. The number of hydrogen-bond acceptors (Lipinski definition) is 5. The van der Waals surface area contributed by atoms with Gasteiger partial charge in [0.15, 0.2) is 0 Å². The quantitative estimate of drug-likeness (QED) is 0.679. The van der Waals surface area contributed by atoms with E-state index >= 15 is 0 Å². The largest absolute Gasteiger partial charge is 0.394 e. The van der Waals surface area contributed by atoms with Crippen LogP contribution in [0.2, 0.25) is 0 Å². The summed E-state index contributed by atoms with van der Waals surface area (Å²) in [6.45, 7) is 4.54. The van der Waals surface area contributed by atoms with E-state index in [0.717, 1.165) is 12.8 Å². The van der Waals surface area contributed by atoms with Gasteiger partial charge in [0, 0.05) is 26.2 Å². The summed E-state index contributed by atoms with van der Waals surface area (Å²) in [5.41, 5.74) is 5.34. The van der Waals surface area contributed by atoms with Crippen LogP contribution in [0.3, 0.4) is 0 Å². The molecule has 21 heavy (non-hydrogen) atoms. The number of morpholine rings is 1. The zero-order chi connectivity index (χ0) is 15.4. The molecule has 2 aliphatic heterocycles. The minimum atomic E-state index is -0.326. The maximum absolute atomic E-state index is 12.4. The van der Waals surface area contributed by atoms with Crippen molar-refractivity contribution in [3.05, 3.63) is 0 Å². The highest BCUT2D eigenvalue weighted by Crippen LogP contribution is 2.17. The third kappa shape index (κ3) is 4.39. The molecule has 0 aromatic heterocycles. The molecule has 3 atom stereocenters. The second kappa shape index (κ2) is 7.20. The Labute approximate surface area is 125 Å². The first kappa shape index (κ1) is 16.2. The van der Waals surface area contributed by atoms with Gasteiger partial charge in [0.1, 0.15) is 0 Å². The molecule has 120 valence electrons. The number of piperidine rings is 1. The Balaban J connectivity index is 1.87. The van der Waals surface area contributed by atoms with Crippen molar-refractivity contribution in [2.45, 2.75) is 32.0 Å². The molecule has 2 fully saturated rings. The standard InChI is InChI=1S/C14H25N3O4/c1-10-5-16(7-12(9-18)21-10)8-13(19)17-4-2-3-11(6-17)14(15)20/h10-12,18H,2-9H2,1H3,(H2,15,20). The second-order valence-electron chi connectivity index (χ2n) is 6.03. The number of likely N-dealkylation sites (tertiary alicyclic amines) is 1. The van der Waals surface area contributed by atoms with Gasteiger partial charge in [-0.1, -0.05) is 0 Å². The van der Waals surface area contributed by atoms with Crippen LogP contribution in [0.15, 0.2) is 0 Å². The van der Waals surface area contributed by atoms with E-state index < -0.39 is 0 Å².